The molecule has 0 fully saturated rings. The molecule has 1 aliphatic rings. The molecule has 4 heteroatoms. The molecule has 0 radical (unpaired) electrons. The summed E-state index contributed by atoms with van der Waals surface area (Å²) in [6, 6.07) is 5.53. The lowest BCUT2D eigenvalue weighted by Crippen LogP contribution is -2.22. The Bertz CT molecular complexity index is 631. The molecule has 1 N–H and O–H groups in total. The summed E-state index contributed by atoms with van der Waals surface area (Å²) in [5, 5.41) is 2.89. The predicted molar refractivity (Wildman–Crippen MR) is 127 cm³/mol. The normalized spacial score (nSPS) is 11.5. The van der Waals surface area contributed by atoms with E-state index in [4.69, 9.17) is 9.47 Å². The first-order valence-corrected chi connectivity index (χ1v) is 10.8. The van der Waals surface area contributed by atoms with E-state index >= 15 is 0 Å². The molecule has 1 aliphatic carbocycles. The Morgan fingerprint density at radius 1 is 1.00 bits per heavy atom. The number of allylic oxidation sites excluding steroid dienone is 3. The highest BCUT2D eigenvalue weighted by molar-refractivity contribution is 5.91. The van der Waals surface area contributed by atoms with E-state index in [2.05, 4.69) is 23.5 Å². The lowest BCUT2D eigenvalue weighted by atomic mass is 10.0. The zero-order valence-electron chi connectivity index (χ0n) is 19.7. The van der Waals surface area contributed by atoms with Crippen LogP contribution in [-0.2, 0) is 4.79 Å². The van der Waals surface area contributed by atoms with Gasteiger partial charge in [-0.15, -0.1) is 0 Å². The van der Waals surface area contributed by atoms with Gasteiger partial charge in [0.1, 0.15) is 0 Å². The number of rotatable bonds is 7. The van der Waals surface area contributed by atoms with Crippen LogP contribution in [0, 0.1) is 0 Å². The summed E-state index contributed by atoms with van der Waals surface area (Å²) >= 11 is 0. The predicted octanol–water partition coefficient (Wildman–Crippen LogP) is 6.58. The second-order valence-electron chi connectivity index (χ2n) is 5.25. The Hall–Kier alpha value is -2.49. The Balaban J connectivity index is 0. The van der Waals surface area contributed by atoms with E-state index in [-0.39, 0.29) is 5.91 Å². The number of ether oxygens (including phenoxy) is 2. The van der Waals surface area contributed by atoms with Crippen LogP contribution in [0.1, 0.15) is 66.4 Å². The molecular formula is C25H41NO3. The summed E-state index contributed by atoms with van der Waals surface area (Å²) in [6.45, 7) is 12.6. The molecule has 0 heterocycles. The first-order chi connectivity index (χ1) is 14.2. The average molecular weight is 404 g/mol. The maximum atomic E-state index is 11.8. The minimum absolute atomic E-state index is 0.0971. The summed E-state index contributed by atoms with van der Waals surface area (Å²) in [7, 11) is 3.18. The van der Waals surface area contributed by atoms with E-state index in [1.165, 1.54) is 11.6 Å². The van der Waals surface area contributed by atoms with Crippen LogP contribution in [0.25, 0.3) is 6.08 Å². The average Bonchev–Trinajstić information content (AvgIpc) is 2.82. The molecule has 4 nitrogen and oxygen atoms in total. The van der Waals surface area contributed by atoms with Gasteiger partial charge in [-0.25, -0.2) is 0 Å². The van der Waals surface area contributed by atoms with Crippen LogP contribution in [0.2, 0.25) is 0 Å². The molecule has 0 bridgehead atoms. The summed E-state index contributed by atoms with van der Waals surface area (Å²) in [5.74, 6) is 1.22. The third-order valence-electron chi connectivity index (χ3n) is 3.62. The van der Waals surface area contributed by atoms with Crippen molar-refractivity contribution in [3.63, 3.8) is 0 Å². The van der Waals surface area contributed by atoms with E-state index in [0.717, 1.165) is 24.8 Å². The molecule has 0 atom stereocenters. The van der Waals surface area contributed by atoms with Gasteiger partial charge in [0.15, 0.2) is 11.5 Å². The Morgan fingerprint density at radius 2 is 1.66 bits per heavy atom. The molecule has 0 saturated carbocycles. The van der Waals surface area contributed by atoms with Gasteiger partial charge in [0.25, 0.3) is 0 Å². The van der Waals surface area contributed by atoms with Gasteiger partial charge in [-0.1, -0.05) is 71.4 Å². The Kier molecular flexibility index (Phi) is 20.1. The molecule has 0 spiro atoms. The number of carbonyl (C=O) groups excluding carboxylic acids is 1. The maximum absolute atomic E-state index is 11.8. The molecule has 0 aliphatic heterocycles. The van der Waals surface area contributed by atoms with Crippen molar-refractivity contribution in [3.05, 3.63) is 53.6 Å². The zero-order valence-corrected chi connectivity index (χ0v) is 19.7. The summed E-state index contributed by atoms with van der Waals surface area (Å²) < 4.78 is 10.4. The third-order valence-corrected chi connectivity index (χ3v) is 3.62. The molecule has 0 unspecified atom stereocenters. The molecular weight excluding hydrogens is 362 g/mol. The van der Waals surface area contributed by atoms with Gasteiger partial charge >= 0.3 is 0 Å². The Labute approximate surface area is 178 Å². The number of benzene rings is 1. The number of carbonyl (C=O) groups is 1. The molecule has 29 heavy (non-hydrogen) atoms. The summed E-state index contributed by atoms with van der Waals surface area (Å²) in [5.41, 5.74) is 2.18. The molecule has 0 aromatic heterocycles. The van der Waals surface area contributed by atoms with E-state index < -0.39 is 0 Å². The fourth-order valence-electron chi connectivity index (χ4n) is 2.37. The third kappa shape index (κ3) is 12.6. The highest BCUT2D eigenvalue weighted by atomic mass is 16.5. The van der Waals surface area contributed by atoms with Crippen LogP contribution < -0.4 is 14.8 Å². The molecule has 1 aromatic rings. The lowest BCUT2D eigenvalue weighted by molar-refractivity contribution is -0.116. The van der Waals surface area contributed by atoms with E-state index in [9.17, 15) is 4.79 Å². The first-order valence-electron chi connectivity index (χ1n) is 10.8. The fourth-order valence-corrected chi connectivity index (χ4v) is 2.37. The second kappa shape index (κ2) is 20.2. The molecule has 2 rings (SSSR count). The highest BCUT2D eigenvalue weighted by Gasteiger charge is 2.03. The number of hydrogen-bond acceptors (Lipinski definition) is 3. The maximum Gasteiger partial charge on any atom is 0.244 e. The minimum atomic E-state index is -0.0971. The van der Waals surface area contributed by atoms with Crippen molar-refractivity contribution >= 4 is 12.0 Å². The zero-order chi connectivity index (χ0) is 22.5. The standard InChI is InChI=1S/C19H23NO3.3C2H6/c1-22-17-10-8-16(14-18(17)23-2)9-11-19(21)20-13-12-15-6-4-3-5-7-15;3*1-2/h4,6-11,14H,3,5,12-13H2,1-2H3,(H,20,21);3*1-2H3/b11-9+;;;. The first kappa shape index (κ1) is 28.7. The topological polar surface area (TPSA) is 47.6 Å². The molecule has 1 amide bonds. The van der Waals surface area contributed by atoms with Crippen LogP contribution in [0.15, 0.2) is 48.1 Å². The van der Waals surface area contributed by atoms with Gasteiger partial charge in [-0.3, -0.25) is 4.79 Å². The second-order valence-corrected chi connectivity index (χ2v) is 5.25. The van der Waals surface area contributed by atoms with E-state index in [1.807, 2.05) is 59.7 Å². The van der Waals surface area contributed by atoms with Gasteiger partial charge in [0.2, 0.25) is 5.91 Å². The van der Waals surface area contributed by atoms with Gasteiger partial charge in [-0.05, 0) is 43.0 Å². The van der Waals surface area contributed by atoms with Crippen molar-refractivity contribution in [2.75, 3.05) is 20.8 Å². The number of hydrogen-bond donors (Lipinski definition) is 1. The van der Waals surface area contributed by atoms with Crippen LogP contribution in [-0.4, -0.2) is 26.7 Å². The van der Waals surface area contributed by atoms with Gasteiger partial charge < -0.3 is 14.8 Å². The number of methoxy groups -OCH3 is 2. The van der Waals surface area contributed by atoms with Crippen molar-refractivity contribution in [2.24, 2.45) is 0 Å². The quantitative estimate of drug-likeness (QED) is 0.523. The molecule has 1 aromatic carbocycles. The van der Waals surface area contributed by atoms with Crippen molar-refractivity contribution in [1.29, 1.82) is 0 Å². The largest absolute Gasteiger partial charge is 0.493 e. The Morgan fingerprint density at radius 3 is 2.21 bits per heavy atom. The number of amides is 1. The van der Waals surface area contributed by atoms with Crippen LogP contribution >= 0.6 is 0 Å². The highest BCUT2D eigenvalue weighted by Crippen LogP contribution is 2.27. The lowest BCUT2D eigenvalue weighted by Gasteiger charge is -2.08. The van der Waals surface area contributed by atoms with Crippen LogP contribution in [0.5, 0.6) is 11.5 Å². The van der Waals surface area contributed by atoms with E-state index in [1.54, 1.807) is 20.3 Å². The summed E-state index contributed by atoms with van der Waals surface area (Å²) in [6.07, 6.45) is 12.9. The van der Waals surface area contributed by atoms with Crippen molar-refractivity contribution in [1.82, 2.24) is 5.32 Å². The van der Waals surface area contributed by atoms with E-state index in [0.29, 0.717) is 18.0 Å². The minimum Gasteiger partial charge on any atom is -0.493 e. The SMILES string of the molecule is CC.CC.CC.COc1ccc(/C=C/C(=O)NCCC2=CCCC=C2)cc1OC. The van der Waals surface area contributed by atoms with Gasteiger partial charge in [0, 0.05) is 12.6 Å². The molecule has 164 valence electrons. The van der Waals surface area contributed by atoms with Crippen molar-refractivity contribution in [3.8, 4) is 11.5 Å². The monoisotopic (exact) mass is 403 g/mol. The fraction of sp³-hybridized carbons (Fsp3) is 0.480. The summed E-state index contributed by atoms with van der Waals surface area (Å²) in [4.78, 5) is 11.8. The van der Waals surface area contributed by atoms with Crippen molar-refractivity contribution in [2.45, 2.75) is 60.8 Å². The van der Waals surface area contributed by atoms with Crippen molar-refractivity contribution < 1.29 is 14.3 Å². The van der Waals surface area contributed by atoms with Crippen LogP contribution in [0.3, 0.4) is 0 Å². The van der Waals surface area contributed by atoms with Gasteiger partial charge in [0.05, 0.1) is 14.2 Å². The molecule has 0 saturated heterocycles. The van der Waals surface area contributed by atoms with Crippen LogP contribution in [0.4, 0.5) is 0 Å². The number of nitrogens with one attached hydrogen (secondary N) is 1. The van der Waals surface area contributed by atoms with Gasteiger partial charge in [-0.2, -0.15) is 0 Å². The smallest absolute Gasteiger partial charge is 0.244 e.